The van der Waals surface area contributed by atoms with Gasteiger partial charge in [0.05, 0.1) is 12.7 Å². The number of benzene rings is 1. The lowest BCUT2D eigenvalue weighted by atomic mass is 9.98. The van der Waals surface area contributed by atoms with E-state index in [2.05, 4.69) is 40.5 Å². The minimum atomic E-state index is -1.17. The van der Waals surface area contributed by atoms with Crippen LogP contribution < -0.4 is 5.32 Å². The van der Waals surface area contributed by atoms with Gasteiger partial charge in [-0.3, -0.25) is 10.1 Å². The predicted octanol–water partition coefficient (Wildman–Crippen LogP) is 5.67. The molecule has 3 atom stereocenters. The van der Waals surface area contributed by atoms with Gasteiger partial charge in [-0.2, -0.15) is 0 Å². The monoisotopic (exact) mass is 602 g/mol. The van der Waals surface area contributed by atoms with E-state index in [-0.39, 0.29) is 36.2 Å². The molecule has 0 saturated heterocycles. The Hall–Kier alpha value is -4.11. The lowest BCUT2D eigenvalue weighted by Crippen LogP contribution is -2.50. The van der Waals surface area contributed by atoms with Crippen molar-refractivity contribution in [3.05, 3.63) is 107 Å². The molecule has 1 N–H and O–H groups in total. The number of ketones is 1. The number of likely N-dealkylation sites (N-methyl/N-ethyl adjacent to an activating group) is 1. The molecule has 9 heteroatoms. The molecular formula is C35H43FN4O4. The Balaban J connectivity index is 1.51. The first-order valence-corrected chi connectivity index (χ1v) is 15.5. The summed E-state index contributed by atoms with van der Waals surface area (Å²) >= 11 is 0. The minimum absolute atomic E-state index is 0.202. The standard InChI is InChI=1S/C35H43FN4O4/c1-6-28(7-2)44-35(42)34-32(41)21-33-39(22-37-16-15-26-13-10-11-17-38(26)5)31(29-18-23(3)43-24(29)4)20-27(40(33)34)19-25-12-8-9-14-30(25)36/h8-14,17-18,20-21,26,28,31,34,37H,6-7,15-16,19,22H2,1-5H3. The van der Waals surface area contributed by atoms with E-state index in [9.17, 15) is 14.0 Å². The van der Waals surface area contributed by atoms with Crippen LogP contribution in [0.3, 0.4) is 0 Å². The van der Waals surface area contributed by atoms with Crippen LogP contribution in [0.25, 0.3) is 0 Å². The number of nitrogens with one attached hydrogen (secondary N) is 1. The number of rotatable bonds is 12. The molecule has 0 amide bonds. The lowest BCUT2D eigenvalue weighted by Gasteiger charge is -2.44. The molecule has 5 rings (SSSR count). The van der Waals surface area contributed by atoms with Crippen molar-refractivity contribution < 1.29 is 23.1 Å². The van der Waals surface area contributed by atoms with Crippen molar-refractivity contribution in [3.8, 4) is 0 Å². The van der Waals surface area contributed by atoms with E-state index in [0.29, 0.717) is 36.6 Å². The third kappa shape index (κ3) is 6.53. The van der Waals surface area contributed by atoms with Crippen LogP contribution in [-0.2, 0) is 20.7 Å². The fourth-order valence-corrected chi connectivity index (χ4v) is 6.21. The highest BCUT2D eigenvalue weighted by Gasteiger charge is 2.47. The molecule has 3 aliphatic heterocycles. The highest BCUT2D eigenvalue weighted by atomic mass is 19.1. The van der Waals surface area contributed by atoms with E-state index in [1.807, 2.05) is 45.9 Å². The average Bonchev–Trinajstić information content (AvgIpc) is 3.54. The second-order valence-corrected chi connectivity index (χ2v) is 11.7. The van der Waals surface area contributed by atoms with E-state index in [1.54, 1.807) is 23.1 Å². The van der Waals surface area contributed by atoms with Crippen LogP contribution in [0.5, 0.6) is 0 Å². The van der Waals surface area contributed by atoms with Crippen molar-refractivity contribution in [2.75, 3.05) is 20.3 Å². The quantitative estimate of drug-likeness (QED) is 0.189. The van der Waals surface area contributed by atoms with Crippen molar-refractivity contribution in [2.45, 2.75) is 77.6 Å². The van der Waals surface area contributed by atoms with Crippen LogP contribution in [0.1, 0.15) is 61.8 Å². The molecule has 8 nitrogen and oxygen atoms in total. The van der Waals surface area contributed by atoms with Crippen molar-refractivity contribution in [1.29, 1.82) is 0 Å². The van der Waals surface area contributed by atoms with E-state index in [4.69, 9.17) is 9.15 Å². The number of hydrogen-bond acceptors (Lipinski definition) is 8. The second-order valence-electron chi connectivity index (χ2n) is 11.7. The normalized spacial score (nSPS) is 21.2. The smallest absolute Gasteiger partial charge is 0.337 e. The number of allylic oxidation sites excluding steroid dienone is 3. The Morgan fingerprint density at radius 1 is 1.16 bits per heavy atom. The molecule has 234 valence electrons. The zero-order chi connectivity index (χ0) is 31.4. The number of carbonyl (C=O) groups excluding carboxylic acids is 2. The first kappa shape index (κ1) is 31.3. The Labute approximate surface area is 259 Å². The molecule has 0 spiro atoms. The maximum atomic E-state index is 15.0. The summed E-state index contributed by atoms with van der Waals surface area (Å²) in [6.07, 6.45) is 14.0. The largest absolute Gasteiger partial charge is 0.466 e. The molecule has 1 aromatic carbocycles. The zero-order valence-electron chi connectivity index (χ0n) is 26.3. The molecule has 0 radical (unpaired) electrons. The number of halogens is 1. The van der Waals surface area contributed by atoms with Gasteiger partial charge in [0.15, 0.2) is 11.8 Å². The lowest BCUT2D eigenvalue weighted by molar-refractivity contribution is -0.156. The highest BCUT2D eigenvalue weighted by Crippen LogP contribution is 2.42. The number of carbonyl (C=O) groups is 2. The first-order chi connectivity index (χ1) is 21.2. The topological polar surface area (TPSA) is 78.3 Å². The molecule has 0 fully saturated rings. The third-order valence-corrected chi connectivity index (χ3v) is 8.67. The van der Waals surface area contributed by atoms with Crippen molar-refractivity contribution >= 4 is 11.8 Å². The molecule has 0 bridgehead atoms. The number of furan rings is 1. The molecular weight excluding hydrogens is 559 g/mol. The van der Waals surface area contributed by atoms with E-state index >= 15 is 0 Å². The number of fused-ring (bicyclic) bond motifs is 1. The summed E-state index contributed by atoms with van der Waals surface area (Å²) in [5.74, 6) is 0.859. The number of nitrogens with zero attached hydrogens (tertiary/aromatic N) is 3. The Bertz CT molecular complexity index is 1490. The summed E-state index contributed by atoms with van der Waals surface area (Å²) in [5.41, 5.74) is 2.10. The van der Waals surface area contributed by atoms with Crippen LogP contribution in [0.4, 0.5) is 4.39 Å². The first-order valence-electron chi connectivity index (χ1n) is 15.5. The van der Waals surface area contributed by atoms with Gasteiger partial charge in [0.1, 0.15) is 29.3 Å². The van der Waals surface area contributed by atoms with Crippen LogP contribution >= 0.6 is 0 Å². The highest BCUT2D eigenvalue weighted by molar-refractivity contribution is 6.11. The summed E-state index contributed by atoms with van der Waals surface area (Å²) in [7, 11) is 2.06. The summed E-state index contributed by atoms with van der Waals surface area (Å²) < 4.78 is 26.7. The van der Waals surface area contributed by atoms with Gasteiger partial charge in [0.25, 0.3) is 0 Å². The summed E-state index contributed by atoms with van der Waals surface area (Å²) in [6.45, 7) is 8.88. The molecule has 1 aromatic heterocycles. The fourth-order valence-electron chi connectivity index (χ4n) is 6.21. The van der Waals surface area contributed by atoms with Gasteiger partial charge in [-0.25, -0.2) is 9.18 Å². The van der Waals surface area contributed by atoms with Crippen molar-refractivity contribution in [2.24, 2.45) is 0 Å². The van der Waals surface area contributed by atoms with Gasteiger partial charge in [-0.05, 0) is 75.7 Å². The zero-order valence-corrected chi connectivity index (χ0v) is 26.3. The van der Waals surface area contributed by atoms with Gasteiger partial charge in [-0.15, -0.1) is 0 Å². The molecule has 0 saturated carbocycles. The van der Waals surface area contributed by atoms with Crippen LogP contribution in [0.2, 0.25) is 0 Å². The Morgan fingerprint density at radius 2 is 1.93 bits per heavy atom. The number of esters is 1. The number of aryl methyl sites for hydroxylation is 2. The summed E-state index contributed by atoms with van der Waals surface area (Å²) in [5, 5.41) is 3.57. The van der Waals surface area contributed by atoms with E-state index in [0.717, 1.165) is 30.0 Å². The molecule has 3 unspecified atom stereocenters. The van der Waals surface area contributed by atoms with Crippen LogP contribution in [-0.4, -0.2) is 64.9 Å². The van der Waals surface area contributed by atoms with Gasteiger partial charge in [0, 0.05) is 36.8 Å². The summed E-state index contributed by atoms with van der Waals surface area (Å²) in [6, 6.07) is 7.40. The molecule has 2 aromatic rings. The Morgan fingerprint density at radius 3 is 2.61 bits per heavy atom. The third-order valence-electron chi connectivity index (χ3n) is 8.67. The van der Waals surface area contributed by atoms with Crippen molar-refractivity contribution in [1.82, 2.24) is 20.0 Å². The maximum absolute atomic E-state index is 15.0. The summed E-state index contributed by atoms with van der Waals surface area (Å²) in [4.78, 5) is 33.3. The van der Waals surface area contributed by atoms with Crippen molar-refractivity contribution in [3.63, 3.8) is 0 Å². The molecule has 44 heavy (non-hydrogen) atoms. The number of hydrogen-bond donors (Lipinski definition) is 1. The van der Waals surface area contributed by atoms with Gasteiger partial charge in [0.2, 0.25) is 0 Å². The molecule has 4 heterocycles. The van der Waals surface area contributed by atoms with Gasteiger partial charge < -0.3 is 23.9 Å². The predicted molar refractivity (Wildman–Crippen MR) is 167 cm³/mol. The molecule has 0 aliphatic carbocycles. The van der Waals surface area contributed by atoms with Gasteiger partial charge in [-0.1, -0.05) is 44.2 Å². The minimum Gasteiger partial charge on any atom is -0.466 e. The van der Waals surface area contributed by atoms with Crippen LogP contribution in [0, 0.1) is 19.7 Å². The van der Waals surface area contributed by atoms with Crippen LogP contribution in [0.15, 0.2) is 82.8 Å². The second kappa shape index (κ2) is 13.7. The molecule has 3 aliphatic rings. The number of ether oxygens (including phenoxy) is 1. The van der Waals surface area contributed by atoms with E-state index < -0.39 is 12.0 Å². The fraction of sp³-hybridized carbons (Fsp3) is 0.429. The average molecular weight is 603 g/mol. The maximum Gasteiger partial charge on any atom is 0.337 e. The van der Waals surface area contributed by atoms with E-state index in [1.165, 1.54) is 12.1 Å². The Kier molecular flexibility index (Phi) is 9.74. The SMILES string of the molecule is CCC(CC)OC(=O)C1C(=O)C=C2N(CNCCC3C=CC=CN3C)C(c3cc(C)oc3C)C=C(Cc3ccccc3F)N21. The van der Waals surface area contributed by atoms with Gasteiger partial charge >= 0.3 is 5.97 Å².